The lowest BCUT2D eigenvalue weighted by atomic mass is 10.2. The normalized spacial score (nSPS) is 12.6. The Kier molecular flexibility index (Phi) is 6.68. The molecule has 0 N–H and O–H groups in total. The van der Waals surface area contributed by atoms with Crippen LogP contribution in [-0.2, 0) is 17.1 Å². The van der Waals surface area contributed by atoms with Crippen molar-refractivity contribution in [3.8, 4) is 0 Å². The maximum atomic E-state index is 12.6. The van der Waals surface area contributed by atoms with E-state index < -0.39 is 20.9 Å². The smallest absolute Gasteiger partial charge is 0.279 e. The topological polar surface area (TPSA) is 115 Å². The van der Waals surface area contributed by atoms with Crippen LogP contribution in [0.2, 0.25) is 0 Å². The van der Waals surface area contributed by atoms with Crippen molar-refractivity contribution in [2.24, 2.45) is 12.0 Å². The van der Waals surface area contributed by atoms with E-state index in [2.05, 4.69) is 4.99 Å². The summed E-state index contributed by atoms with van der Waals surface area (Å²) < 4.78 is 28.8. The first kappa shape index (κ1) is 22.8. The molecule has 1 amide bonds. The van der Waals surface area contributed by atoms with Gasteiger partial charge in [0.1, 0.15) is 0 Å². The summed E-state index contributed by atoms with van der Waals surface area (Å²) in [5.74, 6) is -0.528. The highest BCUT2D eigenvalue weighted by Gasteiger charge is 2.20. The highest BCUT2D eigenvalue weighted by atomic mass is 32.2. The molecule has 3 aromatic rings. The van der Waals surface area contributed by atoms with Crippen LogP contribution in [0.4, 0.5) is 5.69 Å². The molecule has 9 nitrogen and oxygen atoms in total. The summed E-state index contributed by atoms with van der Waals surface area (Å²) in [5, 5.41) is 11.0. The van der Waals surface area contributed by atoms with Crippen LogP contribution >= 0.6 is 11.3 Å². The fourth-order valence-corrected chi connectivity index (χ4v) is 5.20. The van der Waals surface area contributed by atoms with E-state index in [4.69, 9.17) is 0 Å². The van der Waals surface area contributed by atoms with Crippen molar-refractivity contribution in [3.63, 3.8) is 0 Å². The Labute approximate surface area is 183 Å². The monoisotopic (exact) mass is 462 g/mol. The van der Waals surface area contributed by atoms with Crippen molar-refractivity contribution in [1.82, 2.24) is 8.87 Å². The van der Waals surface area contributed by atoms with Crippen molar-refractivity contribution >= 4 is 43.2 Å². The molecule has 0 atom stereocenters. The molecule has 0 saturated heterocycles. The summed E-state index contributed by atoms with van der Waals surface area (Å²) in [7, 11) is -0.360. The average Bonchev–Trinajstić information content (AvgIpc) is 3.06. The van der Waals surface area contributed by atoms with E-state index in [9.17, 15) is 23.3 Å². The van der Waals surface area contributed by atoms with E-state index in [-0.39, 0.29) is 16.1 Å². The number of hydrogen-bond donors (Lipinski definition) is 0. The van der Waals surface area contributed by atoms with Gasteiger partial charge in [-0.2, -0.15) is 4.99 Å². The van der Waals surface area contributed by atoms with Crippen molar-refractivity contribution in [2.45, 2.75) is 24.7 Å². The van der Waals surface area contributed by atoms with Crippen LogP contribution < -0.4 is 4.80 Å². The third-order valence-corrected chi connectivity index (χ3v) is 7.80. The Morgan fingerprint density at radius 3 is 2.52 bits per heavy atom. The minimum Gasteiger partial charge on any atom is -0.319 e. The van der Waals surface area contributed by atoms with E-state index >= 15 is 0 Å². The largest absolute Gasteiger partial charge is 0.319 e. The lowest BCUT2D eigenvalue weighted by molar-refractivity contribution is -0.384. The number of thiazole rings is 1. The summed E-state index contributed by atoms with van der Waals surface area (Å²) >= 11 is 1.17. The van der Waals surface area contributed by atoms with E-state index in [1.807, 2.05) is 6.92 Å². The molecule has 31 heavy (non-hydrogen) atoms. The number of sulfonamides is 1. The van der Waals surface area contributed by atoms with Gasteiger partial charge in [-0.1, -0.05) is 24.7 Å². The number of nitro groups is 1. The molecule has 164 valence electrons. The summed E-state index contributed by atoms with van der Waals surface area (Å²) in [6.07, 6.45) is 1.65. The van der Waals surface area contributed by atoms with Crippen molar-refractivity contribution in [1.29, 1.82) is 0 Å². The van der Waals surface area contributed by atoms with Crippen LogP contribution in [0.3, 0.4) is 0 Å². The van der Waals surface area contributed by atoms with Gasteiger partial charge < -0.3 is 4.57 Å². The zero-order valence-corrected chi connectivity index (χ0v) is 18.9. The number of carbonyl (C=O) groups excluding carboxylic acids is 1. The number of amides is 1. The molecule has 0 aliphatic rings. The van der Waals surface area contributed by atoms with Crippen molar-refractivity contribution in [3.05, 3.63) is 62.9 Å². The van der Waals surface area contributed by atoms with Gasteiger partial charge in [0.15, 0.2) is 4.80 Å². The predicted molar refractivity (Wildman–Crippen MR) is 119 cm³/mol. The summed E-state index contributed by atoms with van der Waals surface area (Å²) in [5.41, 5.74) is 0.935. The highest BCUT2D eigenvalue weighted by molar-refractivity contribution is 7.89. The Bertz CT molecular complexity index is 1310. The second-order valence-corrected chi connectivity index (χ2v) is 10.0. The third-order valence-electron chi connectivity index (χ3n) is 4.84. The fourth-order valence-electron chi connectivity index (χ4n) is 2.94. The van der Waals surface area contributed by atoms with Gasteiger partial charge in [-0.25, -0.2) is 12.7 Å². The number of rotatable bonds is 7. The summed E-state index contributed by atoms with van der Waals surface area (Å²) in [6.45, 7) is 2.41. The second kappa shape index (κ2) is 9.08. The molecule has 1 heterocycles. The Balaban J connectivity index is 1.89. The molecule has 0 bridgehead atoms. The maximum Gasteiger partial charge on any atom is 0.279 e. The van der Waals surface area contributed by atoms with Crippen molar-refractivity contribution in [2.75, 3.05) is 13.6 Å². The molecule has 3 rings (SSSR count). The van der Waals surface area contributed by atoms with Gasteiger partial charge >= 0.3 is 0 Å². The number of aryl methyl sites for hydroxylation is 1. The summed E-state index contributed by atoms with van der Waals surface area (Å²) in [4.78, 5) is 27.7. The number of fused-ring (bicyclic) bond motifs is 1. The minimum absolute atomic E-state index is 0.0343. The van der Waals surface area contributed by atoms with Gasteiger partial charge in [-0.05, 0) is 36.8 Å². The van der Waals surface area contributed by atoms with E-state index in [0.717, 1.165) is 18.4 Å². The molecule has 0 saturated carbocycles. The SMILES string of the molecule is CCCCN(C)S(=O)(=O)c1ccc(C(=O)N=c2sc3cc([N+](=O)[O-])ccc3n2C)cc1. The number of hydrogen-bond acceptors (Lipinski definition) is 6. The minimum atomic E-state index is -3.61. The molecular formula is C20H22N4O5S2. The molecule has 11 heteroatoms. The quantitative estimate of drug-likeness (QED) is 0.395. The standard InChI is InChI=1S/C20H22N4O5S2/c1-4-5-12-22(2)31(28,29)16-9-6-14(7-10-16)19(25)21-20-23(3)17-11-8-15(24(26)27)13-18(17)30-20/h6-11,13H,4-5,12H2,1-3H3. The zero-order chi connectivity index (χ0) is 22.8. The fraction of sp³-hybridized carbons (Fsp3) is 0.300. The number of nitro benzene ring substituents is 1. The van der Waals surface area contributed by atoms with Crippen LogP contribution in [0.15, 0.2) is 52.4 Å². The van der Waals surface area contributed by atoms with E-state index in [1.165, 1.54) is 59.1 Å². The van der Waals surface area contributed by atoms with Gasteiger partial charge in [-0.15, -0.1) is 0 Å². The maximum absolute atomic E-state index is 12.6. The molecular weight excluding hydrogens is 440 g/mol. The molecule has 1 aromatic heterocycles. The van der Waals surface area contributed by atoms with Crippen LogP contribution in [0, 0.1) is 10.1 Å². The average molecular weight is 463 g/mol. The van der Waals surface area contributed by atoms with Gasteiger partial charge in [0, 0.05) is 38.3 Å². The van der Waals surface area contributed by atoms with Crippen molar-refractivity contribution < 1.29 is 18.1 Å². The molecule has 2 aromatic carbocycles. The summed E-state index contributed by atoms with van der Waals surface area (Å²) in [6, 6.07) is 10.1. The molecule has 0 spiro atoms. The number of aromatic nitrogens is 1. The first-order chi connectivity index (χ1) is 14.6. The van der Waals surface area contributed by atoms with Crippen LogP contribution in [0.5, 0.6) is 0 Å². The van der Waals surface area contributed by atoms with Gasteiger partial charge in [0.25, 0.3) is 11.6 Å². The lowest BCUT2D eigenvalue weighted by Crippen LogP contribution is -2.27. The van der Waals surface area contributed by atoms with Gasteiger partial charge in [0.05, 0.1) is 20.0 Å². The Hall–Kier alpha value is -2.89. The number of benzene rings is 2. The number of carbonyl (C=O) groups is 1. The van der Waals surface area contributed by atoms with Crippen LogP contribution in [0.1, 0.15) is 30.1 Å². The number of nitrogens with zero attached hydrogens (tertiary/aromatic N) is 4. The Morgan fingerprint density at radius 2 is 1.90 bits per heavy atom. The van der Waals surface area contributed by atoms with Gasteiger partial charge in [0.2, 0.25) is 10.0 Å². The third kappa shape index (κ3) is 4.73. The lowest BCUT2D eigenvalue weighted by Gasteiger charge is -2.16. The second-order valence-electron chi connectivity index (χ2n) is 6.97. The highest BCUT2D eigenvalue weighted by Crippen LogP contribution is 2.23. The first-order valence-corrected chi connectivity index (χ1v) is 11.8. The Morgan fingerprint density at radius 1 is 1.23 bits per heavy atom. The molecule has 0 fully saturated rings. The molecule has 0 aliphatic heterocycles. The van der Waals surface area contributed by atoms with E-state index in [0.29, 0.717) is 16.0 Å². The van der Waals surface area contributed by atoms with Crippen LogP contribution in [0.25, 0.3) is 10.2 Å². The molecule has 0 radical (unpaired) electrons. The predicted octanol–water partition coefficient (Wildman–Crippen LogP) is 3.31. The molecule has 0 unspecified atom stereocenters. The van der Waals surface area contributed by atoms with Crippen LogP contribution in [-0.4, -0.2) is 41.7 Å². The molecule has 0 aliphatic carbocycles. The number of unbranched alkanes of at least 4 members (excludes halogenated alkanes) is 1. The van der Waals surface area contributed by atoms with E-state index in [1.54, 1.807) is 17.7 Å². The zero-order valence-electron chi connectivity index (χ0n) is 17.3. The first-order valence-electron chi connectivity index (χ1n) is 9.54. The van der Waals surface area contributed by atoms with Gasteiger partial charge in [-0.3, -0.25) is 14.9 Å². The number of non-ortho nitro benzene ring substituents is 1.